The Hall–Kier alpha value is -1.67. The smallest absolute Gasteiger partial charge is 0.323 e. The molecule has 1 unspecified atom stereocenters. The normalized spacial score (nSPS) is 13.0. The lowest BCUT2D eigenvalue weighted by Gasteiger charge is -2.15. The first-order valence-electron chi connectivity index (χ1n) is 5.93. The second kappa shape index (κ2) is 6.19. The Kier molecular flexibility index (Phi) is 5.07. The van der Waals surface area contributed by atoms with Crippen molar-refractivity contribution in [2.45, 2.75) is 31.7 Å². The van der Waals surface area contributed by atoms with Crippen LogP contribution in [0.25, 0.3) is 0 Å². The fraction of sp³-hybridized carbons (Fsp3) is 0.417. The minimum atomic E-state index is -3.99. The second-order valence-corrected chi connectivity index (χ2v) is 5.92. The number of benzene rings is 1. The highest BCUT2D eigenvalue weighted by molar-refractivity contribution is 7.89. The number of carbonyl (C=O) groups excluding carboxylic acids is 1. The SMILES string of the molecule is CCOC(=O)C(C)NS(=O)(=O)c1cc(N)c(F)cc1C. The molecule has 8 heteroatoms. The van der Waals surface area contributed by atoms with E-state index in [4.69, 9.17) is 10.5 Å². The monoisotopic (exact) mass is 304 g/mol. The molecular weight excluding hydrogens is 287 g/mol. The van der Waals surface area contributed by atoms with Gasteiger partial charge in [0.15, 0.2) is 0 Å². The van der Waals surface area contributed by atoms with Crippen LogP contribution in [0.5, 0.6) is 0 Å². The maximum Gasteiger partial charge on any atom is 0.323 e. The maximum absolute atomic E-state index is 13.2. The molecule has 0 bridgehead atoms. The summed E-state index contributed by atoms with van der Waals surface area (Å²) >= 11 is 0. The van der Waals surface area contributed by atoms with Gasteiger partial charge in [-0.2, -0.15) is 4.72 Å². The number of nitrogen functional groups attached to an aromatic ring is 1. The predicted molar refractivity (Wildman–Crippen MR) is 72.0 cm³/mol. The first kappa shape index (κ1) is 16.4. The van der Waals surface area contributed by atoms with Crippen LogP contribution in [0.15, 0.2) is 17.0 Å². The lowest BCUT2D eigenvalue weighted by molar-refractivity contribution is -0.144. The van der Waals surface area contributed by atoms with Gasteiger partial charge in [-0.3, -0.25) is 4.79 Å². The topological polar surface area (TPSA) is 98.5 Å². The highest BCUT2D eigenvalue weighted by atomic mass is 32.2. The molecule has 0 spiro atoms. The summed E-state index contributed by atoms with van der Waals surface area (Å²) in [6.07, 6.45) is 0. The molecule has 0 aliphatic rings. The van der Waals surface area contributed by atoms with Gasteiger partial charge in [0.25, 0.3) is 0 Å². The third kappa shape index (κ3) is 3.67. The standard InChI is InChI=1S/C12H17FN2O4S/c1-4-19-12(16)8(3)15-20(17,18)11-6-10(14)9(13)5-7(11)2/h5-6,8,15H,4,14H2,1-3H3. The van der Waals surface area contributed by atoms with Crippen molar-refractivity contribution >= 4 is 21.7 Å². The van der Waals surface area contributed by atoms with Gasteiger partial charge in [-0.25, -0.2) is 12.8 Å². The van der Waals surface area contributed by atoms with Gasteiger partial charge < -0.3 is 10.5 Å². The van der Waals surface area contributed by atoms with E-state index in [1.807, 2.05) is 0 Å². The molecule has 1 atom stereocenters. The Balaban J connectivity index is 3.06. The molecule has 0 aromatic heterocycles. The molecule has 0 aliphatic heterocycles. The number of nitrogens with one attached hydrogen (secondary N) is 1. The minimum Gasteiger partial charge on any atom is -0.465 e. The van der Waals surface area contributed by atoms with E-state index in [0.717, 1.165) is 12.1 Å². The van der Waals surface area contributed by atoms with Crippen molar-refractivity contribution in [2.24, 2.45) is 0 Å². The van der Waals surface area contributed by atoms with Gasteiger partial charge in [0.05, 0.1) is 17.2 Å². The molecule has 1 aromatic carbocycles. The van der Waals surface area contributed by atoms with Gasteiger partial charge in [-0.15, -0.1) is 0 Å². The van der Waals surface area contributed by atoms with Gasteiger partial charge in [-0.05, 0) is 38.5 Å². The van der Waals surface area contributed by atoms with Gasteiger partial charge in [-0.1, -0.05) is 0 Å². The highest BCUT2D eigenvalue weighted by Crippen LogP contribution is 2.21. The number of esters is 1. The average Bonchev–Trinajstić information content (AvgIpc) is 2.33. The van der Waals surface area contributed by atoms with E-state index in [9.17, 15) is 17.6 Å². The molecule has 0 heterocycles. The summed E-state index contributed by atoms with van der Waals surface area (Å²) in [5.41, 5.74) is 5.28. The minimum absolute atomic E-state index is 0.146. The molecule has 0 fully saturated rings. The predicted octanol–water partition coefficient (Wildman–Crippen LogP) is 0.946. The maximum atomic E-state index is 13.2. The third-order valence-corrected chi connectivity index (χ3v) is 4.24. The Morgan fingerprint density at radius 3 is 2.65 bits per heavy atom. The van der Waals surface area contributed by atoms with Crippen molar-refractivity contribution in [1.29, 1.82) is 0 Å². The van der Waals surface area contributed by atoms with Crippen LogP contribution in [0.3, 0.4) is 0 Å². The number of ether oxygens (including phenoxy) is 1. The van der Waals surface area contributed by atoms with Crippen LogP contribution in [0.4, 0.5) is 10.1 Å². The zero-order valence-corrected chi connectivity index (χ0v) is 12.3. The number of carbonyl (C=O) groups is 1. The van der Waals surface area contributed by atoms with E-state index in [2.05, 4.69) is 4.72 Å². The molecule has 3 N–H and O–H groups in total. The zero-order chi connectivity index (χ0) is 15.5. The summed E-state index contributed by atoms with van der Waals surface area (Å²) in [5, 5.41) is 0. The van der Waals surface area contributed by atoms with Crippen molar-refractivity contribution in [1.82, 2.24) is 4.72 Å². The fourth-order valence-corrected chi connectivity index (χ4v) is 3.02. The Morgan fingerprint density at radius 1 is 1.50 bits per heavy atom. The molecule has 0 radical (unpaired) electrons. The van der Waals surface area contributed by atoms with E-state index in [-0.39, 0.29) is 22.8 Å². The fourth-order valence-electron chi connectivity index (χ4n) is 1.57. The average molecular weight is 304 g/mol. The number of rotatable bonds is 5. The van der Waals surface area contributed by atoms with Crippen LogP contribution in [-0.2, 0) is 19.6 Å². The van der Waals surface area contributed by atoms with Crippen molar-refractivity contribution in [3.63, 3.8) is 0 Å². The van der Waals surface area contributed by atoms with Crippen LogP contribution in [-0.4, -0.2) is 27.0 Å². The summed E-state index contributed by atoms with van der Waals surface area (Å²) in [6.45, 7) is 4.56. The number of sulfonamides is 1. The highest BCUT2D eigenvalue weighted by Gasteiger charge is 2.25. The van der Waals surface area contributed by atoms with Crippen LogP contribution in [0, 0.1) is 12.7 Å². The van der Waals surface area contributed by atoms with E-state index < -0.39 is 27.9 Å². The first-order chi connectivity index (χ1) is 9.19. The van der Waals surface area contributed by atoms with Gasteiger partial charge >= 0.3 is 5.97 Å². The third-order valence-electron chi connectivity index (χ3n) is 2.56. The molecule has 0 saturated carbocycles. The van der Waals surface area contributed by atoms with Gasteiger partial charge in [0.2, 0.25) is 10.0 Å². The van der Waals surface area contributed by atoms with Crippen LogP contribution in [0.1, 0.15) is 19.4 Å². The van der Waals surface area contributed by atoms with Crippen molar-refractivity contribution in [3.8, 4) is 0 Å². The summed E-state index contributed by atoms with van der Waals surface area (Å²) in [4.78, 5) is 11.3. The molecule has 6 nitrogen and oxygen atoms in total. The molecule has 20 heavy (non-hydrogen) atoms. The summed E-state index contributed by atoms with van der Waals surface area (Å²) in [5.74, 6) is -1.39. The molecule has 0 amide bonds. The van der Waals surface area contributed by atoms with Crippen LogP contribution >= 0.6 is 0 Å². The van der Waals surface area contributed by atoms with Crippen molar-refractivity contribution < 1.29 is 22.3 Å². The molecule has 1 rings (SSSR count). The number of hydrogen-bond acceptors (Lipinski definition) is 5. The quantitative estimate of drug-likeness (QED) is 0.623. The van der Waals surface area contributed by atoms with Gasteiger partial charge in [0.1, 0.15) is 11.9 Å². The molecular formula is C12H17FN2O4S. The first-order valence-corrected chi connectivity index (χ1v) is 7.42. The van der Waals surface area contributed by atoms with E-state index in [0.29, 0.717) is 0 Å². The molecule has 112 valence electrons. The number of aryl methyl sites for hydroxylation is 1. The van der Waals surface area contributed by atoms with Gasteiger partial charge in [0, 0.05) is 0 Å². The molecule has 1 aromatic rings. The number of hydrogen-bond donors (Lipinski definition) is 2. The van der Waals surface area contributed by atoms with Crippen molar-refractivity contribution in [2.75, 3.05) is 12.3 Å². The summed E-state index contributed by atoms with van der Waals surface area (Å²) < 4.78 is 44.4. The number of anilines is 1. The van der Waals surface area contributed by atoms with Crippen LogP contribution in [0.2, 0.25) is 0 Å². The summed E-state index contributed by atoms with van der Waals surface area (Å²) in [7, 11) is -3.99. The number of nitrogens with two attached hydrogens (primary N) is 1. The largest absolute Gasteiger partial charge is 0.465 e. The lowest BCUT2D eigenvalue weighted by atomic mass is 10.2. The Labute approximate surface area is 117 Å². The van der Waals surface area contributed by atoms with E-state index >= 15 is 0 Å². The Morgan fingerprint density at radius 2 is 2.10 bits per heavy atom. The summed E-state index contributed by atoms with van der Waals surface area (Å²) in [6, 6.07) is 0.995. The van der Waals surface area contributed by atoms with E-state index in [1.54, 1.807) is 6.92 Å². The van der Waals surface area contributed by atoms with Crippen molar-refractivity contribution in [3.05, 3.63) is 23.5 Å². The van der Waals surface area contributed by atoms with E-state index in [1.165, 1.54) is 13.8 Å². The number of halogens is 1. The Bertz CT molecular complexity index is 616. The zero-order valence-electron chi connectivity index (χ0n) is 11.4. The lowest BCUT2D eigenvalue weighted by Crippen LogP contribution is -2.39. The second-order valence-electron chi connectivity index (χ2n) is 4.23. The molecule has 0 aliphatic carbocycles. The van der Waals surface area contributed by atoms with Crippen LogP contribution < -0.4 is 10.5 Å². The molecule has 0 saturated heterocycles.